The maximum Gasteiger partial charge on any atom is 0.273 e. The first-order valence-corrected chi connectivity index (χ1v) is 8.79. The van der Waals surface area contributed by atoms with E-state index in [1.165, 1.54) is 12.1 Å². The molecule has 0 aliphatic carbocycles. The number of nitrogens with one attached hydrogen (secondary N) is 2. The molecule has 1 amide bonds. The van der Waals surface area contributed by atoms with Crippen LogP contribution in [0.25, 0.3) is 0 Å². The number of hydrogen-bond acceptors (Lipinski definition) is 4. The predicted octanol–water partition coefficient (Wildman–Crippen LogP) is 3.14. The van der Waals surface area contributed by atoms with Crippen molar-refractivity contribution < 1.29 is 9.18 Å². The van der Waals surface area contributed by atoms with Gasteiger partial charge < -0.3 is 10.6 Å². The van der Waals surface area contributed by atoms with Gasteiger partial charge in [-0.1, -0.05) is 28.4 Å². The zero-order chi connectivity index (χ0) is 18.0. The molecule has 3 rings (SSSR count). The van der Waals surface area contributed by atoms with Crippen LogP contribution >= 0.6 is 23.2 Å². The number of amides is 1. The number of rotatable bonds is 4. The molecule has 25 heavy (non-hydrogen) atoms. The Bertz CT molecular complexity index is 776. The van der Waals surface area contributed by atoms with Crippen molar-refractivity contribution in [3.8, 4) is 0 Å². The van der Waals surface area contributed by atoms with Gasteiger partial charge >= 0.3 is 0 Å². The van der Waals surface area contributed by atoms with E-state index in [1.807, 2.05) is 0 Å². The number of carbonyl (C=O) groups is 1. The molecule has 1 atom stereocenters. The van der Waals surface area contributed by atoms with E-state index >= 15 is 0 Å². The summed E-state index contributed by atoms with van der Waals surface area (Å²) in [5, 5.41) is 14.3. The molecule has 9 heteroatoms. The minimum atomic E-state index is -0.584. The van der Waals surface area contributed by atoms with Crippen molar-refractivity contribution in [2.24, 2.45) is 0 Å². The third kappa shape index (κ3) is 4.11. The van der Waals surface area contributed by atoms with Crippen LogP contribution in [-0.2, 0) is 0 Å². The molecule has 1 aliphatic rings. The highest BCUT2D eigenvalue weighted by atomic mass is 35.5. The molecular formula is C16H18Cl2FN5O. The molecule has 0 radical (unpaired) electrons. The normalized spacial score (nSPS) is 16.6. The SMILES string of the molecule is CC(NC(=O)c1cn(C2CCNCC2)nn1)c1cc(F)c(Cl)cc1Cl. The number of carbonyl (C=O) groups excluding carboxylic acids is 1. The molecule has 1 aromatic carbocycles. The molecule has 1 unspecified atom stereocenters. The van der Waals surface area contributed by atoms with E-state index in [2.05, 4.69) is 20.9 Å². The second-order valence-corrected chi connectivity index (χ2v) is 6.86. The van der Waals surface area contributed by atoms with Crippen molar-refractivity contribution in [2.75, 3.05) is 13.1 Å². The molecule has 0 bridgehead atoms. The number of benzene rings is 1. The monoisotopic (exact) mass is 385 g/mol. The van der Waals surface area contributed by atoms with Crippen molar-refractivity contribution in [1.82, 2.24) is 25.6 Å². The Morgan fingerprint density at radius 3 is 2.80 bits per heavy atom. The second kappa shape index (κ2) is 7.68. The molecule has 0 spiro atoms. The highest BCUT2D eigenvalue weighted by Crippen LogP contribution is 2.28. The Morgan fingerprint density at radius 2 is 2.08 bits per heavy atom. The lowest BCUT2D eigenvalue weighted by Gasteiger charge is -2.22. The molecule has 2 aromatic rings. The summed E-state index contributed by atoms with van der Waals surface area (Å²) >= 11 is 11.8. The number of aromatic nitrogens is 3. The molecule has 0 saturated carbocycles. The minimum absolute atomic E-state index is 0.0582. The minimum Gasteiger partial charge on any atom is -0.344 e. The standard InChI is InChI=1S/C16H18Cl2FN5O/c1-9(11-6-14(19)13(18)7-12(11)17)21-16(25)15-8-24(23-22-15)10-2-4-20-5-3-10/h6-10,20H,2-5H2,1H3,(H,21,25). The summed E-state index contributed by atoms with van der Waals surface area (Å²) in [6.07, 6.45) is 3.53. The van der Waals surface area contributed by atoms with Crippen LogP contribution in [0.1, 0.15) is 47.9 Å². The van der Waals surface area contributed by atoms with E-state index in [9.17, 15) is 9.18 Å². The van der Waals surface area contributed by atoms with Crippen molar-refractivity contribution in [3.05, 3.63) is 45.4 Å². The maximum atomic E-state index is 13.7. The second-order valence-electron chi connectivity index (χ2n) is 6.05. The Labute approximate surface area is 154 Å². The largest absolute Gasteiger partial charge is 0.344 e. The van der Waals surface area contributed by atoms with Gasteiger partial charge in [0.25, 0.3) is 5.91 Å². The summed E-state index contributed by atoms with van der Waals surface area (Å²) in [7, 11) is 0. The first kappa shape index (κ1) is 18.1. The van der Waals surface area contributed by atoms with Crippen molar-refractivity contribution in [1.29, 1.82) is 0 Å². The van der Waals surface area contributed by atoms with Gasteiger partial charge in [0.05, 0.1) is 23.3 Å². The van der Waals surface area contributed by atoms with Crippen LogP contribution in [0.4, 0.5) is 4.39 Å². The summed E-state index contributed by atoms with van der Waals surface area (Å²) < 4.78 is 15.4. The zero-order valence-corrected chi connectivity index (χ0v) is 15.1. The summed E-state index contributed by atoms with van der Waals surface area (Å²) in [6.45, 7) is 3.55. The Morgan fingerprint density at radius 1 is 1.36 bits per heavy atom. The topological polar surface area (TPSA) is 71.8 Å². The maximum absolute atomic E-state index is 13.7. The van der Waals surface area contributed by atoms with Crippen molar-refractivity contribution >= 4 is 29.1 Å². The third-order valence-corrected chi connectivity index (χ3v) is 4.90. The van der Waals surface area contributed by atoms with E-state index in [1.54, 1.807) is 17.8 Å². The van der Waals surface area contributed by atoms with Gasteiger partial charge in [0.15, 0.2) is 5.69 Å². The van der Waals surface area contributed by atoms with Crippen LogP contribution < -0.4 is 10.6 Å². The van der Waals surface area contributed by atoms with Crippen molar-refractivity contribution in [3.63, 3.8) is 0 Å². The van der Waals surface area contributed by atoms with Gasteiger partial charge in [-0.25, -0.2) is 9.07 Å². The van der Waals surface area contributed by atoms with Gasteiger partial charge in [0.1, 0.15) is 5.82 Å². The molecule has 2 heterocycles. The highest BCUT2D eigenvalue weighted by Gasteiger charge is 2.21. The summed E-state index contributed by atoms with van der Waals surface area (Å²) in [5.41, 5.74) is 0.665. The highest BCUT2D eigenvalue weighted by molar-refractivity contribution is 6.35. The zero-order valence-electron chi connectivity index (χ0n) is 13.6. The van der Waals surface area contributed by atoms with Gasteiger partial charge in [-0.05, 0) is 50.6 Å². The lowest BCUT2D eigenvalue weighted by Crippen LogP contribution is -2.29. The predicted molar refractivity (Wildman–Crippen MR) is 93.5 cm³/mol. The fraction of sp³-hybridized carbons (Fsp3) is 0.438. The smallest absolute Gasteiger partial charge is 0.273 e. The third-order valence-electron chi connectivity index (χ3n) is 4.28. The van der Waals surface area contributed by atoms with E-state index in [0.29, 0.717) is 5.56 Å². The molecule has 1 saturated heterocycles. The van der Waals surface area contributed by atoms with Crippen LogP contribution in [0.5, 0.6) is 0 Å². The quantitative estimate of drug-likeness (QED) is 0.792. The van der Waals surface area contributed by atoms with Gasteiger partial charge in [-0.2, -0.15) is 0 Å². The summed E-state index contributed by atoms with van der Waals surface area (Å²) in [4.78, 5) is 12.4. The average molecular weight is 386 g/mol. The molecule has 2 N–H and O–H groups in total. The molecule has 6 nitrogen and oxygen atoms in total. The number of halogens is 3. The fourth-order valence-electron chi connectivity index (χ4n) is 2.85. The number of hydrogen-bond donors (Lipinski definition) is 2. The van der Waals surface area contributed by atoms with Crippen LogP contribution in [0.3, 0.4) is 0 Å². The first-order chi connectivity index (χ1) is 12.0. The summed E-state index contributed by atoms with van der Waals surface area (Å²) in [5.74, 6) is -0.974. The van der Waals surface area contributed by atoms with Crippen LogP contribution in [-0.4, -0.2) is 34.0 Å². The number of nitrogens with zero attached hydrogens (tertiary/aromatic N) is 3. The Kier molecular flexibility index (Phi) is 5.56. The molecule has 1 aliphatic heterocycles. The van der Waals surface area contributed by atoms with Gasteiger partial charge in [0, 0.05) is 5.02 Å². The molecule has 1 fully saturated rings. The van der Waals surface area contributed by atoms with Gasteiger partial charge in [-0.15, -0.1) is 5.10 Å². The van der Waals surface area contributed by atoms with Crippen molar-refractivity contribution in [2.45, 2.75) is 31.8 Å². The van der Waals surface area contributed by atoms with E-state index in [4.69, 9.17) is 23.2 Å². The van der Waals surface area contributed by atoms with Crippen LogP contribution in [0, 0.1) is 5.82 Å². The average Bonchev–Trinajstić information content (AvgIpc) is 3.09. The van der Waals surface area contributed by atoms with Gasteiger partial charge in [0.2, 0.25) is 0 Å². The molecular weight excluding hydrogens is 368 g/mol. The molecule has 1 aromatic heterocycles. The van der Waals surface area contributed by atoms with E-state index < -0.39 is 11.9 Å². The van der Waals surface area contributed by atoms with Crippen LogP contribution in [0.15, 0.2) is 18.3 Å². The lowest BCUT2D eigenvalue weighted by atomic mass is 10.1. The number of piperidine rings is 1. The van der Waals surface area contributed by atoms with Crippen LogP contribution in [0.2, 0.25) is 10.0 Å². The first-order valence-electron chi connectivity index (χ1n) is 8.03. The fourth-order valence-corrected chi connectivity index (χ4v) is 3.40. The summed E-state index contributed by atoms with van der Waals surface area (Å²) in [6, 6.07) is 2.29. The lowest BCUT2D eigenvalue weighted by molar-refractivity contribution is 0.0934. The Balaban J connectivity index is 1.69. The van der Waals surface area contributed by atoms with E-state index in [0.717, 1.165) is 25.9 Å². The van der Waals surface area contributed by atoms with E-state index in [-0.39, 0.29) is 27.7 Å². The molecule has 134 valence electrons. The Hall–Kier alpha value is -1.70. The van der Waals surface area contributed by atoms with Gasteiger partial charge in [-0.3, -0.25) is 4.79 Å².